The second-order valence-corrected chi connectivity index (χ2v) is 5.58. The Hall–Kier alpha value is -0.0800. The molecule has 0 aromatic carbocycles. The molecule has 3 fully saturated rings. The van der Waals surface area contributed by atoms with Crippen molar-refractivity contribution < 1.29 is 0 Å². The average molecular weight is 208 g/mol. The van der Waals surface area contributed by atoms with Gasteiger partial charge in [-0.3, -0.25) is 0 Å². The fourth-order valence-electron chi connectivity index (χ4n) is 3.39. The molecular formula is C13H24N2. The van der Waals surface area contributed by atoms with E-state index in [1.807, 2.05) is 0 Å². The molecule has 2 aliphatic heterocycles. The molecule has 86 valence electrons. The van der Waals surface area contributed by atoms with Crippen LogP contribution < -0.4 is 0 Å². The average Bonchev–Trinajstić information content (AvgIpc) is 3.14. The number of hydrazine groups is 1. The molecule has 3 aliphatic rings. The van der Waals surface area contributed by atoms with E-state index in [1.165, 1.54) is 71.0 Å². The lowest BCUT2D eigenvalue weighted by atomic mass is 9.99. The highest BCUT2D eigenvalue weighted by atomic mass is 15.6. The summed E-state index contributed by atoms with van der Waals surface area (Å²) in [5, 5.41) is 5.45. The monoisotopic (exact) mass is 208 g/mol. The molecule has 0 amide bonds. The van der Waals surface area contributed by atoms with E-state index < -0.39 is 0 Å². The maximum Gasteiger partial charge on any atom is 0.0274 e. The zero-order valence-electron chi connectivity index (χ0n) is 9.83. The van der Waals surface area contributed by atoms with E-state index in [1.54, 1.807) is 0 Å². The third-order valence-corrected chi connectivity index (χ3v) is 4.38. The van der Waals surface area contributed by atoms with Crippen LogP contribution >= 0.6 is 0 Å². The highest BCUT2D eigenvalue weighted by Crippen LogP contribution is 2.40. The van der Waals surface area contributed by atoms with Crippen LogP contribution in [0.15, 0.2) is 0 Å². The molecule has 1 saturated carbocycles. The molecule has 0 aromatic rings. The number of rotatable bonds is 2. The van der Waals surface area contributed by atoms with Gasteiger partial charge in [-0.15, -0.1) is 0 Å². The van der Waals surface area contributed by atoms with Crippen molar-refractivity contribution in [3.63, 3.8) is 0 Å². The Morgan fingerprint density at radius 1 is 0.667 bits per heavy atom. The fraction of sp³-hybridized carbons (Fsp3) is 1.00. The minimum Gasteiger partial charge on any atom is -0.242 e. The minimum absolute atomic E-state index is 0.928. The van der Waals surface area contributed by atoms with Crippen molar-refractivity contribution in [3.8, 4) is 0 Å². The smallest absolute Gasteiger partial charge is 0.0274 e. The van der Waals surface area contributed by atoms with Crippen LogP contribution in [0.2, 0.25) is 0 Å². The lowest BCUT2D eigenvalue weighted by Crippen LogP contribution is -2.53. The summed E-state index contributed by atoms with van der Waals surface area (Å²) in [6.07, 6.45) is 11.7. The Morgan fingerprint density at radius 3 is 2.13 bits per heavy atom. The van der Waals surface area contributed by atoms with Gasteiger partial charge in [0.1, 0.15) is 0 Å². The predicted octanol–water partition coefficient (Wildman–Crippen LogP) is 2.65. The predicted molar refractivity (Wildman–Crippen MR) is 62.5 cm³/mol. The molecule has 15 heavy (non-hydrogen) atoms. The van der Waals surface area contributed by atoms with Gasteiger partial charge in [0.2, 0.25) is 0 Å². The number of piperidine rings is 2. The first-order chi connectivity index (χ1) is 7.45. The highest BCUT2D eigenvalue weighted by molar-refractivity contribution is 4.90. The topological polar surface area (TPSA) is 6.48 Å². The molecule has 0 bridgehead atoms. The molecule has 3 rings (SSSR count). The van der Waals surface area contributed by atoms with Gasteiger partial charge in [-0.1, -0.05) is 12.8 Å². The molecule has 1 aliphatic carbocycles. The van der Waals surface area contributed by atoms with Gasteiger partial charge in [-0.05, 0) is 44.4 Å². The molecule has 0 aromatic heterocycles. The third kappa shape index (κ3) is 2.21. The molecule has 2 heteroatoms. The van der Waals surface area contributed by atoms with E-state index >= 15 is 0 Å². The van der Waals surface area contributed by atoms with Gasteiger partial charge in [0, 0.05) is 25.7 Å². The van der Waals surface area contributed by atoms with Crippen LogP contribution in [-0.2, 0) is 0 Å². The summed E-state index contributed by atoms with van der Waals surface area (Å²) in [4.78, 5) is 0. The standard InChI is InChI=1S/C13H24N2/c1-3-9-14(10-4-1)15-11-5-2-6-13(15)12-7-8-12/h12-13H,1-11H2. The summed E-state index contributed by atoms with van der Waals surface area (Å²) in [5.41, 5.74) is 0. The summed E-state index contributed by atoms with van der Waals surface area (Å²) >= 11 is 0. The first kappa shape index (κ1) is 10.1. The van der Waals surface area contributed by atoms with E-state index in [9.17, 15) is 0 Å². The zero-order chi connectivity index (χ0) is 10.1. The zero-order valence-corrected chi connectivity index (χ0v) is 9.83. The molecule has 0 N–H and O–H groups in total. The summed E-state index contributed by atoms with van der Waals surface area (Å²) in [6, 6.07) is 0.928. The molecule has 2 nitrogen and oxygen atoms in total. The summed E-state index contributed by atoms with van der Waals surface area (Å²) in [5.74, 6) is 1.06. The Bertz CT molecular complexity index is 207. The Kier molecular flexibility index (Phi) is 2.98. The molecule has 0 spiro atoms. The fourth-order valence-corrected chi connectivity index (χ4v) is 3.39. The van der Waals surface area contributed by atoms with Gasteiger partial charge in [0.25, 0.3) is 0 Å². The van der Waals surface area contributed by atoms with Crippen molar-refractivity contribution in [1.82, 2.24) is 10.0 Å². The van der Waals surface area contributed by atoms with Crippen molar-refractivity contribution >= 4 is 0 Å². The van der Waals surface area contributed by atoms with Crippen molar-refractivity contribution in [2.75, 3.05) is 19.6 Å². The summed E-state index contributed by atoms with van der Waals surface area (Å²) < 4.78 is 0. The second-order valence-electron chi connectivity index (χ2n) is 5.58. The van der Waals surface area contributed by atoms with E-state index in [0.29, 0.717) is 0 Å². The Balaban J connectivity index is 1.64. The van der Waals surface area contributed by atoms with Gasteiger partial charge in [0.05, 0.1) is 0 Å². The molecule has 2 saturated heterocycles. The normalized spacial score (nSPS) is 35.6. The molecular weight excluding hydrogens is 184 g/mol. The lowest BCUT2D eigenvalue weighted by molar-refractivity contribution is -0.0946. The summed E-state index contributed by atoms with van der Waals surface area (Å²) in [7, 11) is 0. The van der Waals surface area contributed by atoms with E-state index in [-0.39, 0.29) is 0 Å². The van der Waals surface area contributed by atoms with Gasteiger partial charge in [-0.2, -0.15) is 0 Å². The van der Waals surface area contributed by atoms with Crippen LogP contribution in [0.1, 0.15) is 51.4 Å². The number of hydrogen-bond acceptors (Lipinski definition) is 2. The van der Waals surface area contributed by atoms with Crippen LogP contribution in [-0.4, -0.2) is 35.7 Å². The van der Waals surface area contributed by atoms with E-state index in [4.69, 9.17) is 0 Å². The molecule has 2 heterocycles. The number of hydrogen-bond donors (Lipinski definition) is 0. The largest absolute Gasteiger partial charge is 0.242 e. The van der Waals surface area contributed by atoms with Gasteiger partial charge >= 0.3 is 0 Å². The first-order valence-corrected chi connectivity index (χ1v) is 6.96. The van der Waals surface area contributed by atoms with Crippen LogP contribution in [0, 0.1) is 5.92 Å². The lowest BCUT2D eigenvalue weighted by Gasteiger charge is -2.45. The van der Waals surface area contributed by atoms with Gasteiger partial charge < -0.3 is 0 Å². The maximum atomic E-state index is 2.76. The second kappa shape index (κ2) is 4.42. The first-order valence-electron chi connectivity index (χ1n) is 6.96. The highest BCUT2D eigenvalue weighted by Gasteiger charge is 2.38. The van der Waals surface area contributed by atoms with Crippen molar-refractivity contribution in [2.45, 2.75) is 57.4 Å². The number of nitrogens with zero attached hydrogens (tertiary/aromatic N) is 2. The Labute approximate surface area is 93.6 Å². The quantitative estimate of drug-likeness (QED) is 0.688. The van der Waals surface area contributed by atoms with Crippen LogP contribution in [0.5, 0.6) is 0 Å². The maximum absolute atomic E-state index is 2.76. The van der Waals surface area contributed by atoms with Gasteiger partial charge in [-0.25, -0.2) is 10.0 Å². The van der Waals surface area contributed by atoms with Crippen molar-refractivity contribution in [1.29, 1.82) is 0 Å². The summed E-state index contributed by atoms with van der Waals surface area (Å²) in [6.45, 7) is 4.02. The van der Waals surface area contributed by atoms with Crippen molar-refractivity contribution in [2.24, 2.45) is 5.92 Å². The van der Waals surface area contributed by atoms with Gasteiger partial charge in [0.15, 0.2) is 0 Å². The molecule has 1 atom stereocenters. The SMILES string of the molecule is C1CCN(N2CCCCC2C2CC2)CC1. The Morgan fingerprint density at radius 2 is 1.40 bits per heavy atom. The molecule has 1 unspecified atom stereocenters. The van der Waals surface area contributed by atoms with Crippen molar-refractivity contribution in [3.05, 3.63) is 0 Å². The van der Waals surface area contributed by atoms with Crippen LogP contribution in [0.25, 0.3) is 0 Å². The van der Waals surface area contributed by atoms with E-state index in [2.05, 4.69) is 10.0 Å². The minimum atomic E-state index is 0.928. The van der Waals surface area contributed by atoms with Crippen LogP contribution in [0.3, 0.4) is 0 Å². The molecule has 0 radical (unpaired) electrons. The van der Waals surface area contributed by atoms with Crippen LogP contribution in [0.4, 0.5) is 0 Å². The third-order valence-electron chi connectivity index (χ3n) is 4.38. The van der Waals surface area contributed by atoms with E-state index in [0.717, 1.165) is 12.0 Å².